The fraction of sp³-hybridized carbons (Fsp3) is 0.318. The largest absolute Gasteiger partial charge is 0.380 e. The molecule has 2 aromatic carbocycles. The Labute approximate surface area is 165 Å². The van der Waals surface area contributed by atoms with Crippen LogP contribution in [-0.4, -0.2) is 28.3 Å². The summed E-state index contributed by atoms with van der Waals surface area (Å²) in [5.74, 6) is 1.39. The number of aryl methyl sites for hydroxylation is 1. The standard InChI is InChI=1S/C22H25N5O/c1-15-12-19-18(14-28-3)10-7-11-20(19)27(15)22-24-21(16(2)25-26-22)23-13-17-8-5-4-6-9-17/h4-11,15H,12-14H2,1-3H3,(H,23,24,26). The number of hydrogen-bond donors (Lipinski definition) is 1. The fourth-order valence-electron chi connectivity index (χ4n) is 3.72. The van der Waals surface area contributed by atoms with Gasteiger partial charge >= 0.3 is 0 Å². The molecule has 3 aromatic rings. The van der Waals surface area contributed by atoms with Crippen LogP contribution >= 0.6 is 0 Å². The summed E-state index contributed by atoms with van der Waals surface area (Å²) in [6.45, 7) is 5.43. The number of benzene rings is 2. The SMILES string of the molecule is COCc1cccc2c1CC(C)N2c1nnc(C)c(NCc2ccccc2)n1. The molecular formula is C22H25N5O. The smallest absolute Gasteiger partial charge is 0.252 e. The average Bonchev–Trinajstić information content (AvgIpc) is 3.05. The molecule has 0 spiro atoms. The number of fused-ring (bicyclic) bond motifs is 1. The molecule has 0 amide bonds. The zero-order chi connectivity index (χ0) is 19.5. The number of nitrogens with one attached hydrogen (secondary N) is 1. The average molecular weight is 375 g/mol. The van der Waals surface area contributed by atoms with E-state index in [1.807, 2.05) is 25.1 Å². The number of hydrogen-bond acceptors (Lipinski definition) is 6. The van der Waals surface area contributed by atoms with Crippen molar-refractivity contribution in [1.82, 2.24) is 15.2 Å². The summed E-state index contributed by atoms with van der Waals surface area (Å²) >= 11 is 0. The number of anilines is 3. The van der Waals surface area contributed by atoms with Gasteiger partial charge in [-0.1, -0.05) is 42.5 Å². The van der Waals surface area contributed by atoms with E-state index >= 15 is 0 Å². The summed E-state index contributed by atoms with van der Waals surface area (Å²) in [6.07, 6.45) is 0.943. The van der Waals surface area contributed by atoms with E-state index in [0.29, 0.717) is 19.1 Å². The molecule has 0 saturated carbocycles. The minimum Gasteiger partial charge on any atom is -0.380 e. The van der Waals surface area contributed by atoms with E-state index in [0.717, 1.165) is 23.6 Å². The Hall–Kier alpha value is -2.99. The van der Waals surface area contributed by atoms with Crippen LogP contribution in [0.15, 0.2) is 48.5 Å². The third kappa shape index (κ3) is 3.55. The molecule has 1 aromatic heterocycles. The van der Waals surface area contributed by atoms with Crippen LogP contribution in [0.1, 0.15) is 29.3 Å². The number of rotatable bonds is 6. The van der Waals surface area contributed by atoms with Gasteiger partial charge in [-0.15, -0.1) is 10.2 Å². The van der Waals surface area contributed by atoms with Crippen LogP contribution in [-0.2, 0) is 24.3 Å². The molecular weight excluding hydrogens is 350 g/mol. The van der Waals surface area contributed by atoms with Gasteiger partial charge in [0.25, 0.3) is 5.95 Å². The Kier molecular flexibility index (Phi) is 5.21. The van der Waals surface area contributed by atoms with Crippen molar-refractivity contribution < 1.29 is 4.74 Å². The molecule has 4 rings (SSSR count). The van der Waals surface area contributed by atoms with Crippen LogP contribution in [0.3, 0.4) is 0 Å². The summed E-state index contributed by atoms with van der Waals surface area (Å²) in [5.41, 5.74) is 5.66. The quantitative estimate of drug-likeness (QED) is 0.702. The predicted molar refractivity (Wildman–Crippen MR) is 111 cm³/mol. The highest BCUT2D eigenvalue weighted by Crippen LogP contribution is 2.38. The Morgan fingerprint density at radius 3 is 2.71 bits per heavy atom. The van der Waals surface area contributed by atoms with Gasteiger partial charge in [0.1, 0.15) is 5.69 Å². The highest BCUT2D eigenvalue weighted by molar-refractivity contribution is 5.69. The molecule has 28 heavy (non-hydrogen) atoms. The third-order valence-electron chi connectivity index (χ3n) is 5.11. The molecule has 0 bridgehead atoms. The Balaban J connectivity index is 1.63. The molecule has 1 unspecified atom stereocenters. The van der Waals surface area contributed by atoms with Crippen LogP contribution in [0.2, 0.25) is 0 Å². The summed E-state index contributed by atoms with van der Waals surface area (Å²) < 4.78 is 5.37. The molecule has 0 aliphatic carbocycles. The highest BCUT2D eigenvalue weighted by Gasteiger charge is 2.31. The molecule has 144 valence electrons. The van der Waals surface area contributed by atoms with E-state index in [4.69, 9.17) is 9.72 Å². The van der Waals surface area contributed by atoms with Crippen LogP contribution in [0, 0.1) is 6.92 Å². The molecule has 1 N–H and O–H groups in total. The maximum absolute atomic E-state index is 5.37. The second-order valence-corrected chi connectivity index (χ2v) is 7.16. The van der Waals surface area contributed by atoms with Gasteiger partial charge in [0.05, 0.1) is 6.61 Å². The molecule has 0 saturated heterocycles. The van der Waals surface area contributed by atoms with Crippen molar-refractivity contribution in [1.29, 1.82) is 0 Å². The second-order valence-electron chi connectivity index (χ2n) is 7.16. The zero-order valence-corrected chi connectivity index (χ0v) is 16.5. The minimum atomic E-state index is 0.263. The molecule has 1 atom stereocenters. The van der Waals surface area contributed by atoms with Crippen molar-refractivity contribution in [2.75, 3.05) is 17.3 Å². The Morgan fingerprint density at radius 1 is 1.11 bits per heavy atom. The van der Waals surface area contributed by atoms with E-state index in [-0.39, 0.29) is 6.04 Å². The van der Waals surface area contributed by atoms with E-state index in [2.05, 4.69) is 57.7 Å². The Bertz CT molecular complexity index is 960. The molecule has 1 aliphatic rings. The maximum Gasteiger partial charge on any atom is 0.252 e. The summed E-state index contributed by atoms with van der Waals surface area (Å²) in [4.78, 5) is 6.98. The first-order valence-electron chi connectivity index (χ1n) is 9.55. The molecule has 0 radical (unpaired) electrons. The van der Waals surface area contributed by atoms with E-state index in [1.54, 1.807) is 7.11 Å². The first-order chi connectivity index (χ1) is 13.7. The lowest BCUT2D eigenvalue weighted by Crippen LogP contribution is -2.26. The maximum atomic E-state index is 5.37. The van der Waals surface area contributed by atoms with E-state index in [1.165, 1.54) is 16.7 Å². The van der Waals surface area contributed by atoms with Gasteiger partial charge < -0.3 is 15.0 Å². The number of methoxy groups -OCH3 is 1. The van der Waals surface area contributed by atoms with E-state index < -0.39 is 0 Å². The molecule has 2 heterocycles. The molecule has 0 fully saturated rings. The van der Waals surface area contributed by atoms with Crippen molar-refractivity contribution in [3.05, 3.63) is 70.9 Å². The van der Waals surface area contributed by atoms with Gasteiger partial charge in [0.2, 0.25) is 0 Å². The van der Waals surface area contributed by atoms with Gasteiger partial charge in [0, 0.05) is 25.4 Å². The van der Waals surface area contributed by atoms with Crippen LogP contribution in [0.25, 0.3) is 0 Å². The lowest BCUT2D eigenvalue weighted by molar-refractivity contribution is 0.184. The van der Waals surface area contributed by atoms with Gasteiger partial charge in [-0.05, 0) is 43.0 Å². The number of aromatic nitrogens is 3. The number of nitrogens with zero attached hydrogens (tertiary/aromatic N) is 4. The summed E-state index contributed by atoms with van der Waals surface area (Å²) in [6, 6.07) is 16.8. The summed E-state index contributed by atoms with van der Waals surface area (Å²) in [5, 5.41) is 12.2. The first-order valence-corrected chi connectivity index (χ1v) is 9.55. The normalized spacial score (nSPS) is 15.5. The van der Waals surface area contributed by atoms with Crippen molar-refractivity contribution >= 4 is 17.5 Å². The van der Waals surface area contributed by atoms with Crippen LogP contribution < -0.4 is 10.2 Å². The van der Waals surface area contributed by atoms with Gasteiger partial charge in [0.15, 0.2) is 5.82 Å². The van der Waals surface area contributed by atoms with Crippen molar-refractivity contribution in [2.45, 2.75) is 39.5 Å². The monoisotopic (exact) mass is 375 g/mol. The van der Waals surface area contributed by atoms with Crippen LogP contribution in [0.5, 0.6) is 0 Å². The van der Waals surface area contributed by atoms with Gasteiger partial charge in [-0.2, -0.15) is 4.98 Å². The lowest BCUT2D eigenvalue weighted by Gasteiger charge is -2.23. The predicted octanol–water partition coefficient (Wildman–Crippen LogP) is 4.02. The van der Waals surface area contributed by atoms with Gasteiger partial charge in [-0.3, -0.25) is 0 Å². The van der Waals surface area contributed by atoms with Crippen molar-refractivity contribution in [3.8, 4) is 0 Å². The molecule has 6 nitrogen and oxygen atoms in total. The topological polar surface area (TPSA) is 63.2 Å². The van der Waals surface area contributed by atoms with Crippen molar-refractivity contribution in [2.24, 2.45) is 0 Å². The highest BCUT2D eigenvalue weighted by atomic mass is 16.5. The molecule has 1 aliphatic heterocycles. The second kappa shape index (κ2) is 7.94. The first kappa shape index (κ1) is 18.4. The summed E-state index contributed by atoms with van der Waals surface area (Å²) in [7, 11) is 1.73. The molecule has 6 heteroatoms. The van der Waals surface area contributed by atoms with Gasteiger partial charge in [-0.25, -0.2) is 0 Å². The number of ether oxygens (including phenoxy) is 1. The zero-order valence-electron chi connectivity index (χ0n) is 16.5. The van der Waals surface area contributed by atoms with E-state index in [9.17, 15) is 0 Å². The third-order valence-corrected chi connectivity index (χ3v) is 5.11. The Morgan fingerprint density at radius 2 is 1.93 bits per heavy atom. The van der Waals surface area contributed by atoms with Crippen LogP contribution in [0.4, 0.5) is 17.5 Å². The van der Waals surface area contributed by atoms with Crippen molar-refractivity contribution in [3.63, 3.8) is 0 Å². The lowest BCUT2D eigenvalue weighted by atomic mass is 10.0. The minimum absolute atomic E-state index is 0.263. The fourth-order valence-corrected chi connectivity index (χ4v) is 3.72.